The van der Waals surface area contributed by atoms with E-state index in [2.05, 4.69) is 17.6 Å². The van der Waals surface area contributed by atoms with Gasteiger partial charge in [-0.3, -0.25) is 4.79 Å². The molecule has 0 aromatic heterocycles. The van der Waals surface area contributed by atoms with Crippen LogP contribution in [0.3, 0.4) is 0 Å². The van der Waals surface area contributed by atoms with Gasteiger partial charge in [-0.1, -0.05) is 24.9 Å². The van der Waals surface area contributed by atoms with Gasteiger partial charge in [0.05, 0.1) is 0 Å². The van der Waals surface area contributed by atoms with Crippen molar-refractivity contribution in [2.45, 2.75) is 32.2 Å². The van der Waals surface area contributed by atoms with Gasteiger partial charge in [0.1, 0.15) is 6.04 Å². The molecule has 2 rings (SSSR count). The molecule has 0 aliphatic carbocycles. The molecule has 92 valence electrons. The lowest BCUT2D eigenvalue weighted by molar-refractivity contribution is -0.121. The molecule has 0 bridgehead atoms. The van der Waals surface area contributed by atoms with E-state index in [4.69, 9.17) is 11.6 Å². The maximum atomic E-state index is 11.9. The number of fused-ring (bicyclic) bond motifs is 1. The monoisotopic (exact) mass is 252 g/mol. The summed E-state index contributed by atoms with van der Waals surface area (Å²) in [4.78, 5) is 11.9. The normalized spacial score (nSPS) is 17.4. The maximum absolute atomic E-state index is 11.9. The fourth-order valence-electron chi connectivity index (χ4n) is 2.00. The molecule has 0 saturated heterocycles. The van der Waals surface area contributed by atoms with Gasteiger partial charge in [0.15, 0.2) is 0 Å². The second kappa shape index (κ2) is 5.41. The molecular weight excluding hydrogens is 236 g/mol. The van der Waals surface area contributed by atoms with Crippen LogP contribution in [0.25, 0.3) is 0 Å². The van der Waals surface area contributed by atoms with Gasteiger partial charge in [-0.25, -0.2) is 0 Å². The third-order valence-electron chi connectivity index (χ3n) is 2.97. The summed E-state index contributed by atoms with van der Waals surface area (Å²) in [6.45, 7) is 2.86. The Balaban J connectivity index is 1.93. The van der Waals surface area contributed by atoms with E-state index < -0.39 is 0 Å². The van der Waals surface area contributed by atoms with Crippen molar-refractivity contribution >= 4 is 23.2 Å². The largest absolute Gasteiger partial charge is 0.373 e. The van der Waals surface area contributed by atoms with Gasteiger partial charge in [-0.2, -0.15) is 0 Å². The van der Waals surface area contributed by atoms with Crippen molar-refractivity contribution in [2.24, 2.45) is 0 Å². The van der Waals surface area contributed by atoms with E-state index in [-0.39, 0.29) is 11.9 Å². The highest BCUT2D eigenvalue weighted by Crippen LogP contribution is 2.28. The highest BCUT2D eigenvalue weighted by Gasteiger charge is 2.26. The number of carbonyl (C=O) groups excluding carboxylic acids is 1. The van der Waals surface area contributed by atoms with Crippen LogP contribution in [0.5, 0.6) is 0 Å². The summed E-state index contributed by atoms with van der Waals surface area (Å²) in [5.74, 6) is 0.0748. The Kier molecular flexibility index (Phi) is 3.89. The Bertz CT molecular complexity index is 420. The topological polar surface area (TPSA) is 41.1 Å². The Morgan fingerprint density at radius 1 is 1.59 bits per heavy atom. The van der Waals surface area contributed by atoms with Crippen molar-refractivity contribution in [1.82, 2.24) is 5.32 Å². The van der Waals surface area contributed by atoms with Gasteiger partial charge < -0.3 is 10.6 Å². The number of amides is 1. The third kappa shape index (κ3) is 2.91. The molecular formula is C13H17ClN2O. The SMILES string of the molecule is CCCCNC(=O)[C@H]1Cc2cc(Cl)ccc2N1. The average Bonchev–Trinajstić information content (AvgIpc) is 2.72. The molecule has 1 aromatic carbocycles. The smallest absolute Gasteiger partial charge is 0.242 e. The van der Waals surface area contributed by atoms with Crippen LogP contribution in [-0.2, 0) is 11.2 Å². The highest BCUT2D eigenvalue weighted by atomic mass is 35.5. The van der Waals surface area contributed by atoms with E-state index in [1.165, 1.54) is 0 Å². The highest BCUT2D eigenvalue weighted by molar-refractivity contribution is 6.30. The number of hydrogen-bond acceptors (Lipinski definition) is 2. The minimum atomic E-state index is -0.152. The zero-order valence-corrected chi connectivity index (χ0v) is 10.7. The first-order chi connectivity index (χ1) is 8.20. The Labute approximate surface area is 107 Å². The van der Waals surface area contributed by atoms with E-state index in [1.807, 2.05) is 18.2 Å². The number of nitrogens with one attached hydrogen (secondary N) is 2. The van der Waals surface area contributed by atoms with Crippen molar-refractivity contribution in [3.8, 4) is 0 Å². The van der Waals surface area contributed by atoms with Gasteiger partial charge in [0, 0.05) is 23.7 Å². The van der Waals surface area contributed by atoms with Crippen LogP contribution in [-0.4, -0.2) is 18.5 Å². The minimum Gasteiger partial charge on any atom is -0.373 e. The Morgan fingerprint density at radius 2 is 2.41 bits per heavy atom. The molecule has 2 N–H and O–H groups in total. The molecule has 0 saturated carbocycles. The summed E-state index contributed by atoms with van der Waals surface area (Å²) in [5, 5.41) is 6.88. The Hall–Kier alpha value is -1.22. The number of halogens is 1. The molecule has 4 heteroatoms. The number of hydrogen-bond donors (Lipinski definition) is 2. The van der Waals surface area contributed by atoms with Crippen LogP contribution in [0.1, 0.15) is 25.3 Å². The van der Waals surface area contributed by atoms with Gasteiger partial charge in [-0.05, 0) is 30.2 Å². The van der Waals surface area contributed by atoms with Gasteiger partial charge in [0.25, 0.3) is 0 Å². The number of unbranched alkanes of at least 4 members (excludes halogenated alkanes) is 1. The van der Waals surface area contributed by atoms with Gasteiger partial charge in [0.2, 0.25) is 5.91 Å². The zero-order chi connectivity index (χ0) is 12.3. The molecule has 17 heavy (non-hydrogen) atoms. The quantitative estimate of drug-likeness (QED) is 0.809. The number of rotatable bonds is 4. The van der Waals surface area contributed by atoms with E-state index in [0.717, 1.165) is 35.7 Å². The zero-order valence-electron chi connectivity index (χ0n) is 9.92. The first-order valence-electron chi connectivity index (χ1n) is 6.03. The molecule has 0 radical (unpaired) electrons. The van der Waals surface area contributed by atoms with Crippen molar-refractivity contribution in [1.29, 1.82) is 0 Å². The van der Waals surface area contributed by atoms with Crippen LogP contribution in [0.15, 0.2) is 18.2 Å². The predicted octanol–water partition coefficient (Wildman–Crippen LogP) is 2.59. The van der Waals surface area contributed by atoms with Crippen LogP contribution in [0, 0.1) is 0 Å². The second-order valence-corrected chi connectivity index (χ2v) is 4.78. The fraction of sp³-hybridized carbons (Fsp3) is 0.462. The second-order valence-electron chi connectivity index (χ2n) is 4.35. The Morgan fingerprint density at radius 3 is 3.18 bits per heavy atom. The maximum Gasteiger partial charge on any atom is 0.242 e. The summed E-state index contributed by atoms with van der Waals surface area (Å²) in [6, 6.07) is 5.53. The van der Waals surface area contributed by atoms with Crippen LogP contribution in [0.4, 0.5) is 5.69 Å². The number of carbonyl (C=O) groups is 1. The molecule has 0 fully saturated rings. The molecule has 1 aliphatic heterocycles. The first kappa shape index (κ1) is 12.2. The van der Waals surface area contributed by atoms with E-state index in [9.17, 15) is 4.79 Å². The van der Waals surface area contributed by atoms with Crippen LogP contribution in [0.2, 0.25) is 5.02 Å². The third-order valence-corrected chi connectivity index (χ3v) is 3.20. The minimum absolute atomic E-state index is 0.0748. The fourth-order valence-corrected chi connectivity index (χ4v) is 2.20. The molecule has 1 aromatic rings. The van der Waals surface area contributed by atoms with Crippen molar-refractivity contribution in [3.63, 3.8) is 0 Å². The van der Waals surface area contributed by atoms with Crippen LogP contribution >= 0.6 is 11.6 Å². The van der Waals surface area contributed by atoms with Gasteiger partial charge >= 0.3 is 0 Å². The first-order valence-corrected chi connectivity index (χ1v) is 6.41. The summed E-state index contributed by atoms with van der Waals surface area (Å²) in [6.07, 6.45) is 2.83. The number of anilines is 1. The summed E-state index contributed by atoms with van der Waals surface area (Å²) < 4.78 is 0. The molecule has 0 unspecified atom stereocenters. The van der Waals surface area contributed by atoms with Crippen molar-refractivity contribution in [2.75, 3.05) is 11.9 Å². The molecule has 0 spiro atoms. The molecule has 1 heterocycles. The molecule has 3 nitrogen and oxygen atoms in total. The van der Waals surface area contributed by atoms with E-state index >= 15 is 0 Å². The summed E-state index contributed by atoms with van der Waals surface area (Å²) >= 11 is 5.92. The van der Waals surface area contributed by atoms with E-state index in [0.29, 0.717) is 6.42 Å². The van der Waals surface area contributed by atoms with Crippen molar-refractivity contribution in [3.05, 3.63) is 28.8 Å². The summed E-state index contributed by atoms with van der Waals surface area (Å²) in [7, 11) is 0. The molecule has 1 atom stereocenters. The molecule has 1 aliphatic rings. The standard InChI is InChI=1S/C13H17ClN2O/c1-2-3-6-15-13(17)12-8-9-7-10(14)4-5-11(9)16-12/h4-5,7,12,16H,2-3,6,8H2,1H3,(H,15,17)/t12-/m1/s1. The van der Waals surface area contributed by atoms with E-state index in [1.54, 1.807) is 0 Å². The summed E-state index contributed by atoms with van der Waals surface area (Å²) in [5.41, 5.74) is 2.14. The number of benzene rings is 1. The molecule has 1 amide bonds. The lowest BCUT2D eigenvalue weighted by Crippen LogP contribution is -2.38. The lowest BCUT2D eigenvalue weighted by atomic mass is 10.1. The average molecular weight is 253 g/mol. The predicted molar refractivity (Wildman–Crippen MR) is 70.5 cm³/mol. The van der Waals surface area contributed by atoms with Gasteiger partial charge in [-0.15, -0.1) is 0 Å². The van der Waals surface area contributed by atoms with Crippen LogP contribution < -0.4 is 10.6 Å². The van der Waals surface area contributed by atoms with Crippen molar-refractivity contribution < 1.29 is 4.79 Å². The lowest BCUT2D eigenvalue weighted by Gasteiger charge is -2.11.